The average Bonchev–Trinajstić information content (AvgIpc) is 2.28. The van der Waals surface area contributed by atoms with Crippen LogP contribution in [-0.4, -0.2) is 32.0 Å². The van der Waals surface area contributed by atoms with E-state index in [1.165, 1.54) is 18.4 Å². The van der Waals surface area contributed by atoms with E-state index in [4.69, 9.17) is 0 Å². The van der Waals surface area contributed by atoms with Gasteiger partial charge < -0.3 is 5.32 Å². The quantitative estimate of drug-likeness (QED) is 0.872. The SMILES string of the molecule is CC(Cc1ccc(F)cc1)NCC(C)(C)S(C)(=O)=O. The van der Waals surface area contributed by atoms with Gasteiger partial charge in [-0.2, -0.15) is 0 Å². The zero-order valence-corrected chi connectivity index (χ0v) is 12.7. The van der Waals surface area contributed by atoms with Gasteiger partial charge in [-0.1, -0.05) is 12.1 Å². The highest BCUT2D eigenvalue weighted by Crippen LogP contribution is 2.14. The van der Waals surface area contributed by atoms with Crippen LogP contribution < -0.4 is 5.32 Å². The number of hydrogen-bond acceptors (Lipinski definition) is 3. The lowest BCUT2D eigenvalue weighted by Gasteiger charge is -2.25. The number of halogens is 1. The third kappa shape index (κ3) is 4.91. The molecule has 0 saturated carbocycles. The van der Waals surface area contributed by atoms with E-state index in [1.54, 1.807) is 26.0 Å². The van der Waals surface area contributed by atoms with Crippen LogP contribution in [0.2, 0.25) is 0 Å². The molecule has 0 fully saturated rings. The largest absolute Gasteiger partial charge is 0.312 e. The molecule has 1 unspecified atom stereocenters. The van der Waals surface area contributed by atoms with Gasteiger partial charge in [0.2, 0.25) is 0 Å². The summed E-state index contributed by atoms with van der Waals surface area (Å²) in [6.07, 6.45) is 1.99. The van der Waals surface area contributed by atoms with Gasteiger partial charge in [-0.15, -0.1) is 0 Å². The molecular weight excluding hydrogens is 265 g/mol. The van der Waals surface area contributed by atoms with Crippen LogP contribution in [0.1, 0.15) is 26.3 Å². The number of sulfone groups is 1. The van der Waals surface area contributed by atoms with E-state index in [2.05, 4.69) is 5.32 Å². The molecule has 0 amide bonds. The summed E-state index contributed by atoms with van der Waals surface area (Å²) in [6.45, 7) is 5.80. The Labute approximate surface area is 115 Å². The highest BCUT2D eigenvalue weighted by molar-refractivity contribution is 7.92. The van der Waals surface area contributed by atoms with Gasteiger partial charge in [-0.25, -0.2) is 12.8 Å². The first-order chi connectivity index (χ1) is 8.62. The number of benzene rings is 1. The van der Waals surface area contributed by atoms with Gasteiger partial charge in [0.15, 0.2) is 9.84 Å². The van der Waals surface area contributed by atoms with Crippen LogP contribution in [0.15, 0.2) is 24.3 Å². The fourth-order valence-corrected chi connectivity index (χ4v) is 1.94. The molecule has 1 atom stereocenters. The molecule has 1 N–H and O–H groups in total. The topological polar surface area (TPSA) is 46.2 Å². The molecule has 0 aliphatic rings. The van der Waals surface area contributed by atoms with Crippen molar-refractivity contribution in [2.24, 2.45) is 0 Å². The molecule has 0 spiro atoms. The van der Waals surface area contributed by atoms with Crippen molar-refractivity contribution in [3.05, 3.63) is 35.6 Å². The molecule has 0 aromatic heterocycles. The monoisotopic (exact) mass is 287 g/mol. The van der Waals surface area contributed by atoms with Crippen LogP contribution in [0, 0.1) is 5.82 Å². The highest BCUT2D eigenvalue weighted by atomic mass is 32.2. The minimum atomic E-state index is -3.09. The Balaban J connectivity index is 2.53. The first kappa shape index (κ1) is 16.1. The molecule has 1 aromatic carbocycles. The fraction of sp³-hybridized carbons (Fsp3) is 0.571. The van der Waals surface area contributed by atoms with E-state index < -0.39 is 14.6 Å². The van der Waals surface area contributed by atoms with Crippen LogP contribution in [0.25, 0.3) is 0 Å². The molecule has 1 aromatic rings. The van der Waals surface area contributed by atoms with Gasteiger partial charge in [0.05, 0.1) is 4.75 Å². The first-order valence-electron chi connectivity index (χ1n) is 6.29. The van der Waals surface area contributed by atoms with Crippen molar-refractivity contribution in [3.63, 3.8) is 0 Å². The predicted molar refractivity (Wildman–Crippen MR) is 76.5 cm³/mol. The normalized spacial score (nSPS) is 14.4. The number of hydrogen-bond donors (Lipinski definition) is 1. The summed E-state index contributed by atoms with van der Waals surface area (Å²) in [6, 6.07) is 6.49. The van der Waals surface area contributed by atoms with E-state index in [9.17, 15) is 12.8 Å². The van der Waals surface area contributed by atoms with Crippen LogP contribution in [0.5, 0.6) is 0 Å². The van der Waals surface area contributed by atoms with Gasteiger partial charge in [-0.3, -0.25) is 0 Å². The summed E-state index contributed by atoms with van der Waals surface area (Å²) in [5.41, 5.74) is 1.03. The van der Waals surface area contributed by atoms with Crippen LogP contribution >= 0.6 is 0 Å². The zero-order chi connectivity index (χ0) is 14.7. The molecule has 0 saturated heterocycles. The summed E-state index contributed by atoms with van der Waals surface area (Å²) in [5.74, 6) is -0.248. The van der Waals surface area contributed by atoms with Gasteiger partial charge in [0.25, 0.3) is 0 Å². The van der Waals surface area contributed by atoms with Crippen molar-refractivity contribution >= 4 is 9.84 Å². The minimum Gasteiger partial charge on any atom is -0.312 e. The van der Waals surface area contributed by atoms with Crippen molar-refractivity contribution in [1.29, 1.82) is 0 Å². The van der Waals surface area contributed by atoms with E-state index in [0.29, 0.717) is 6.54 Å². The Bertz CT molecular complexity index is 509. The molecule has 0 heterocycles. The standard InChI is InChI=1S/C14H22FNO2S/c1-11(9-12-5-7-13(15)8-6-12)16-10-14(2,3)19(4,17)18/h5-8,11,16H,9-10H2,1-4H3. The highest BCUT2D eigenvalue weighted by Gasteiger charge is 2.30. The summed E-state index contributed by atoms with van der Waals surface area (Å²) >= 11 is 0. The molecular formula is C14H22FNO2S. The smallest absolute Gasteiger partial charge is 0.153 e. The maximum Gasteiger partial charge on any atom is 0.153 e. The molecule has 108 valence electrons. The van der Waals surface area contributed by atoms with Gasteiger partial charge in [0.1, 0.15) is 5.82 Å². The lowest BCUT2D eigenvalue weighted by molar-refractivity contribution is 0.478. The van der Waals surface area contributed by atoms with E-state index >= 15 is 0 Å². The van der Waals surface area contributed by atoms with Crippen molar-refractivity contribution in [3.8, 4) is 0 Å². The second-order valence-corrected chi connectivity index (χ2v) is 8.29. The summed E-state index contributed by atoms with van der Waals surface area (Å²) in [7, 11) is -3.09. The molecule has 0 bridgehead atoms. The Morgan fingerprint density at radius 1 is 1.26 bits per heavy atom. The number of rotatable bonds is 6. The van der Waals surface area contributed by atoms with Crippen LogP contribution in [0.4, 0.5) is 4.39 Å². The molecule has 0 aliphatic heterocycles. The molecule has 3 nitrogen and oxygen atoms in total. The molecule has 1 rings (SSSR count). The lowest BCUT2D eigenvalue weighted by atomic mass is 10.1. The van der Waals surface area contributed by atoms with Gasteiger partial charge >= 0.3 is 0 Å². The fourth-order valence-electron chi connectivity index (χ4n) is 1.60. The van der Waals surface area contributed by atoms with Crippen LogP contribution in [0.3, 0.4) is 0 Å². The number of nitrogens with one attached hydrogen (secondary N) is 1. The van der Waals surface area contributed by atoms with Crippen molar-refractivity contribution < 1.29 is 12.8 Å². The van der Waals surface area contributed by atoms with Gasteiger partial charge in [-0.05, 0) is 44.9 Å². The van der Waals surface area contributed by atoms with Crippen LogP contribution in [-0.2, 0) is 16.3 Å². The summed E-state index contributed by atoms with van der Waals surface area (Å²) in [5, 5.41) is 3.22. The van der Waals surface area contributed by atoms with Crippen molar-refractivity contribution in [2.45, 2.75) is 38.0 Å². The maximum atomic E-state index is 12.8. The van der Waals surface area contributed by atoms with E-state index in [1.807, 2.05) is 6.92 Å². The van der Waals surface area contributed by atoms with E-state index in [0.717, 1.165) is 12.0 Å². The maximum absolute atomic E-state index is 12.8. The lowest BCUT2D eigenvalue weighted by Crippen LogP contribution is -2.45. The van der Waals surface area contributed by atoms with E-state index in [-0.39, 0.29) is 11.9 Å². The summed E-state index contributed by atoms with van der Waals surface area (Å²) < 4.78 is 35.1. The molecule has 5 heteroatoms. The van der Waals surface area contributed by atoms with Crippen molar-refractivity contribution in [1.82, 2.24) is 5.32 Å². The predicted octanol–water partition coefficient (Wildman–Crippen LogP) is 2.17. The third-order valence-electron chi connectivity index (χ3n) is 3.34. The Hall–Kier alpha value is -0.940. The zero-order valence-electron chi connectivity index (χ0n) is 11.9. The van der Waals surface area contributed by atoms with Crippen molar-refractivity contribution in [2.75, 3.05) is 12.8 Å². The summed E-state index contributed by atoms with van der Waals surface area (Å²) in [4.78, 5) is 0. The Kier molecular flexibility index (Phi) is 5.10. The second kappa shape index (κ2) is 6.01. The second-order valence-electron chi connectivity index (χ2n) is 5.64. The van der Waals surface area contributed by atoms with Gasteiger partial charge in [0, 0.05) is 18.8 Å². The minimum absolute atomic E-state index is 0.131. The third-order valence-corrected chi connectivity index (χ3v) is 5.49. The molecule has 0 radical (unpaired) electrons. The Morgan fingerprint density at radius 2 is 1.79 bits per heavy atom. The first-order valence-corrected chi connectivity index (χ1v) is 8.18. The molecule has 19 heavy (non-hydrogen) atoms. The molecule has 0 aliphatic carbocycles. The average molecular weight is 287 g/mol. The Morgan fingerprint density at radius 3 is 2.26 bits per heavy atom.